The maximum absolute atomic E-state index is 11.5. The molecule has 2 rings (SSSR count). The lowest BCUT2D eigenvalue weighted by molar-refractivity contribution is 0.102. The van der Waals surface area contributed by atoms with Gasteiger partial charge in [0.1, 0.15) is 5.82 Å². The van der Waals surface area contributed by atoms with Crippen molar-refractivity contribution >= 4 is 22.6 Å². The molecule has 6 nitrogen and oxygen atoms in total. The summed E-state index contributed by atoms with van der Waals surface area (Å²) in [6.45, 7) is 1.77. The number of anilines is 1. The van der Waals surface area contributed by atoms with E-state index in [-0.39, 0.29) is 5.91 Å². The number of H-pyrrole nitrogens is 1. The molecule has 1 amide bonds. The van der Waals surface area contributed by atoms with E-state index < -0.39 is 0 Å². The van der Waals surface area contributed by atoms with Gasteiger partial charge in [0.25, 0.3) is 5.91 Å². The molecule has 0 aromatic carbocycles. The van der Waals surface area contributed by atoms with Gasteiger partial charge in [0.05, 0.1) is 11.8 Å². The molecule has 0 atom stereocenters. The highest BCUT2D eigenvalue weighted by atomic mass is 32.1. The van der Waals surface area contributed by atoms with Crippen molar-refractivity contribution in [2.45, 2.75) is 6.92 Å². The Kier molecular flexibility index (Phi) is 2.23. The highest BCUT2D eigenvalue weighted by molar-refractivity contribution is 7.09. The van der Waals surface area contributed by atoms with Gasteiger partial charge in [0.2, 0.25) is 5.13 Å². The van der Waals surface area contributed by atoms with E-state index in [1.165, 1.54) is 12.4 Å². The molecule has 0 bridgehead atoms. The summed E-state index contributed by atoms with van der Waals surface area (Å²) in [6, 6.07) is 0. The minimum atomic E-state index is -0.241. The zero-order valence-electron chi connectivity index (χ0n) is 7.31. The first-order chi connectivity index (χ1) is 6.75. The van der Waals surface area contributed by atoms with E-state index >= 15 is 0 Å². The van der Waals surface area contributed by atoms with Crippen molar-refractivity contribution in [1.29, 1.82) is 0 Å². The molecule has 0 radical (unpaired) electrons. The molecule has 0 aliphatic rings. The van der Waals surface area contributed by atoms with Crippen LogP contribution in [0.3, 0.4) is 0 Å². The molecular formula is C7H7N5OS. The average Bonchev–Trinajstić information content (AvgIpc) is 2.75. The Hall–Kier alpha value is -1.76. The Morgan fingerprint density at radius 2 is 2.50 bits per heavy atom. The second kappa shape index (κ2) is 3.54. The molecule has 2 aromatic heterocycles. The number of carbonyl (C=O) groups excluding carboxylic acids is 1. The minimum absolute atomic E-state index is 0.241. The number of carbonyl (C=O) groups is 1. The smallest absolute Gasteiger partial charge is 0.260 e. The van der Waals surface area contributed by atoms with E-state index in [9.17, 15) is 4.79 Å². The summed E-state index contributed by atoms with van der Waals surface area (Å²) in [4.78, 5) is 15.5. The average molecular weight is 209 g/mol. The number of nitrogens with zero attached hydrogens (tertiary/aromatic N) is 3. The zero-order chi connectivity index (χ0) is 9.97. The minimum Gasteiger partial charge on any atom is -0.296 e. The van der Waals surface area contributed by atoms with Crippen LogP contribution in [0, 0.1) is 6.92 Å². The van der Waals surface area contributed by atoms with Gasteiger partial charge < -0.3 is 0 Å². The molecule has 0 saturated heterocycles. The molecule has 7 heteroatoms. The maximum atomic E-state index is 11.5. The number of hydrogen-bond acceptors (Lipinski definition) is 5. The van der Waals surface area contributed by atoms with Crippen molar-refractivity contribution in [3.63, 3.8) is 0 Å². The summed E-state index contributed by atoms with van der Waals surface area (Å²) in [5.41, 5.74) is 0.470. The van der Waals surface area contributed by atoms with E-state index in [4.69, 9.17) is 0 Å². The summed E-state index contributed by atoms with van der Waals surface area (Å²) in [6.07, 6.45) is 2.96. The Morgan fingerprint density at radius 3 is 3.07 bits per heavy atom. The highest BCUT2D eigenvalue weighted by Gasteiger charge is 2.09. The van der Waals surface area contributed by atoms with Crippen molar-refractivity contribution in [2.24, 2.45) is 0 Å². The third-order valence-corrected chi connectivity index (χ3v) is 2.23. The van der Waals surface area contributed by atoms with E-state index in [2.05, 4.69) is 24.9 Å². The van der Waals surface area contributed by atoms with E-state index in [0.29, 0.717) is 16.5 Å². The molecule has 0 saturated carbocycles. The predicted molar refractivity (Wildman–Crippen MR) is 51.2 cm³/mol. The SMILES string of the molecule is Cc1nsc(NC(=O)c2cn[nH]c2)n1. The normalized spacial score (nSPS) is 10.1. The second-order valence-corrected chi connectivity index (χ2v) is 3.34. The first kappa shape index (κ1) is 8.82. The first-order valence-electron chi connectivity index (χ1n) is 3.86. The molecular weight excluding hydrogens is 202 g/mol. The Balaban J connectivity index is 2.09. The highest BCUT2D eigenvalue weighted by Crippen LogP contribution is 2.11. The van der Waals surface area contributed by atoms with Crippen LogP contribution in [0.15, 0.2) is 12.4 Å². The van der Waals surface area contributed by atoms with Crippen molar-refractivity contribution in [1.82, 2.24) is 19.6 Å². The number of nitrogens with one attached hydrogen (secondary N) is 2. The summed E-state index contributed by atoms with van der Waals surface area (Å²) in [5, 5.41) is 9.34. The number of aromatic nitrogens is 4. The Labute approximate surface area is 83.5 Å². The molecule has 2 N–H and O–H groups in total. The molecule has 14 heavy (non-hydrogen) atoms. The van der Waals surface area contributed by atoms with Gasteiger partial charge in [-0.05, 0) is 6.92 Å². The Bertz CT molecular complexity index is 435. The van der Waals surface area contributed by atoms with Crippen LogP contribution in [-0.2, 0) is 0 Å². The van der Waals surface area contributed by atoms with Gasteiger partial charge >= 0.3 is 0 Å². The third-order valence-electron chi connectivity index (χ3n) is 1.51. The fourth-order valence-electron chi connectivity index (χ4n) is 0.892. The van der Waals surface area contributed by atoms with Gasteiger partial charge in [-0.2, -0.15) is 9.47 Å². The van der Waals surface area contributed by atoms with Crippen LogP contribution in [0.25, 0.3) is 0 Å². The van der Waals surface area contributed by atoms with Crippen LogP contribution in [0.1, 0.15) is 16.2 Å². The van der Waals surface area contributed by atoms with Crippen LogP contribution < -0.4 is 5.32 Å². The number of rotatable bonds is 2. The van der Waals surface area contributed by atoms with E-state index in [1.807, 2.05) is 0 Å². The second-order valence-electron chi connectivity index (χ2n) is 2.59. The molecule has 0 spiro atoms. The molecule has 72 valence electrons. The molecule has 2 heterocycles. The quantitative estimate of drug-likeness (QED) is 0.767. The summed E-state index contributed by atoms with van der Waals surface area (Å²) in [7, 11) is 0. The van der Waals surface area contributed by atoms with Crippen LogP contribution in [-0.4, -0.2) is 25.5 Å². The van der Waals surface area contributed by atoms with Crippen LogP contribution in [0.5, 0.6) is 0 Å². The van der Waals surface area contributed by atoms with Crippen molar-refractivity contribution in [3.8, 4) is 0 Å². The summed E-state index contributed by atoms with van der Waals surface area (Å²) >= 11 is 1.15. The number of aromatic amines is 1. The molecule has 0 aliphatic heterocycles. The van der Waals surface area contributed by atoms with E-state index in [0.717, 1.165) is 11.5 Å². The number of amides is 1. The largest absolute Gasteiger partial charge is 0.296 e. The molecule has 0 aliphatic carbocycles. The van der Waals surface area contributed by atoms with Gasteiger partial charge in [-0.25, -0.2) is 4.98 Å². The lowest BCUT2D eigenvalue weighted by atomic mass is 10.3. The topological polar surface area (TPSA) is 83.6 Å². The van der Waals surface area contributed by atoms with Gasteiger partial charge in [0, 0.05) is 17.7 Å². The first-order valence-corrected chi connectivity index (χ1v) is 4.63. The zero-order valence-corrected chi connectivity index (χ0v) is 8.13. The fraction of sp³-hybridized carbons (Fsp3) is 0.143. The molecule has 0 unspecified atom stereocenters. The molecule has 2 aromatic rings. The summed E-state index contributed by atoms with van der Waals surface area (Å²) in [5.74, 6) is 0.410. The van der Waals surface area contributed by atoms with Crippen LogP contribution in [0.4, 0.5) is 5.13 Å². The Morgan fingerprint density at radius 1 is 1.64 bits per heavy atom. The van der Waals surface area contributed by atoms with Gasteiger partial charge in [-0.1, -0.05) is 0 Å². The van der Waals surface area contributed by atoms with Crippen molar-refractivity contribution < 1.29 is 4.79 Å². The maximum Gasteiger partial charge on any atom is 0.260 e. The fourth-order valence-corrected chi connectivity index (χ4v) is 1.46. The predicted octanol–water partition coefficient (Wildman–Crippen LogP) is 0.822. The standard InChI is InChI=1S/C7H7N5OS/c1-4-10-7(14-12-4)11-6(13)5-2-8-9-3-5/h2-3H,1H3,(H,8,9)(H,10,11,12,13). The van der Waals surface area contributed by atoms with E-state index in [1.54, 1.807) is 6.92 Å². The van der Waals surface area contributed by atoms with Gasteiger partial charge in [-0.3, -0.25) is 15.2 Å². The lowest BCUT2D eigenvalue weighted by Crippen LogP contribution is -2.10. The number of aryl methyl sites for hydroxylation is 1. The third kappa shape index (κ3) is 1.77. The van der Waals surface area contributed by atoms with Gasteiger partial charge in [-0.15, -0.1) is 0 Å². The van der Waals surface area contributed by atoms with Crippen molar-refractivity contribution in [3.05, 3.63) is 23.8 Å². The lowest BCUT2D eigenvalue weighted by Gasteiger charge is -1.95. The van der Waals surface area contributed by atoms with Gasteiger partial charge in [0.15, 0.2) is 0 Å². The monoisotopic (exact) mass is 209 g/mol. The summed E-state index contributed by atoms with van der Waals surface area (Å²) < 4.78 is 3.94. The number of hydrogen-bond donors (Lipinski definition) is 2. The van der Waals surface area contributed by atoms with Crippen LogP contribution >= 0.6 is 11.5 Å². The van der Waals surface area contributed by atoms with Crippen molar-refractivity contribution in [2.75, 3.05) is 5.32 Å². The van der Waals surface area contributed by atoms with Crippen LogP contribution in [0.2, 0.25) is 0 Å². The molecule has 0 fully saturated rings.